The fraction of sp³-hybridized carbons (Fsp3) is 0.833. The van der Waals surface area contributed by atoms with Gasteiger partial charge in [-0.2, -0.15) is 0 Å². The smallest absolute Gasteiger partial charge is 0.317 e. The molecule has 0 spiro atoms. The third-order valence-electron chi connectivity index (χ3n) is 3.83. The average Bonchev–Trinajstić information content (AvgIpc) is 2.75. The van der Waals surface area contributed by atoms with Crippen LogP contribution in [0.1, 0.15) is 26.2 Å². The van der Waals surface area contributed by atoms with Crippen molar-refractivity contribution in [1.82, 2.24) is 10.2 Å². The molecule has 2 rings (SSSR count). The molecule has 1 saturated heterocycles. The number of carboxylic acids is 1. The van der Waals surface area contributed by atoms with Crippen molar-refractivity contribution in [2.45, 2.75) is 26.2 Å². The first-order valence-corrected chi connectivity index (χ1v) is 6.31. The number of rotatable bonds is 4. The molecule has 0 aromatic heterocycles. The second-order valence-electron chi connectivity index (χ2n) is 5.36. The molecule has 17 heavy (non-hydrogen) atoms. The number of nitrogens with one attached hydrogen (secondary N) is 1. The summed E-state index contributed by atoms with van der Waals surface area (Å²) in [6.45, 7) is 4.22. The summed E-state index contributed by atoms with van der Waals surface area (Å²) in [6, 6.07) is -0.0306. The zero-order chi connectivity index (χ0) is 12.4. The van der Waals surface area contributed by atoms with Gasteiger partial charge in [-0.05, 0) is 30.6 Å². The van der Waals surface area contributed by atoms with E-state index < -0.39 is 5.97 Å². The molecule has 2 fully saturated rings. The van der Waals surface area contributed by atoms with Crippen LogP contribution in [0.3, 0.4) is 0 Å². The number of nitrogens with zero attached hydrogens (tertiary/aromatic N) is 1. The van der Waals surface area contributed by atoms with Gasteiger partial charge < -0.3 is 15.3 Å². The molecule has 2 N–H and O–H groups in total. The fourth-order valence-corrected chi connectivity index (χ4v) is 2.44. The van der Waals surface area contributed by atoms with E-state index >= 15 is 0 Å². The first kappa shape index (κ1) is 12.2. The summed E-state index contributed by atoms with van der Waals surface area (Å²) in [5.74, 6) is 0.743. The van der Waals surface area contributed by atoms with E-state index in [0.717, 1.165) is 18.9 Å². The van der Waals surface area contributed by atoms with Gasteiger partial charge in [0.2, 0.25) is 0 Å². The van der Waals surface area contributed by atoms with Gasteiger partial charge in [0.15, 0.2) is 0 Å². The van der Waals surface area contributed by atoms with Gasteiger partial charge in [0, 0.05) is 26.1 Å². The molecule has 2 aliphatic rings. The van der Waals surface area contributed by atoms with Crippen molar-refractivity contribution in [3.05, 3.63) is 0 Å². The molecule has 5 heteroatoms. The van der Waals surface area contributed by atoms with Crippen molar-refractivity contribution in [3.8, 4) is 0 Å². The number of amides is 2. The van der Waals surface area contributed by atoms with E-state index in [-0.39, 0.29) is 18.4 Å². The second kappa shape index (κ2) is 4.94. The standard InChI is InChI=1S/C12H20N2O3/c1-8-4-10(8)6-13-12(17)14-3-2-9(7-14)5-11(15)16/h8-10H,2-7H2,1H3,(H,13,17)(H,15,16). The van der Waals surface area contributed by atoms with Crippen molar-refractivity contribution in [2.24, 2.45) is 17.8 Å². The zero-order valence-corrected chi connectivity index (χ0v) is 10.2. The predicted octanol–water partition coefficient (Wildman–Crippen LogP) is 1.15. The molecule has 0 aromatic carbocycles. The molecule has 1 saturated carbocycles. The van der Waals surface area contributed by atoms with Gasteiger partial charge in [0.25, 0.3) is 0 Å². The van der Waals surface area contributed by atoms with Crippen molar-refractivity contribution in [2.75, 3.05) is 19.6 Å². The molecule has 0 radical (unpaired) electrons. The predicted molar refractivity (Wildman–Crippen MR) is 62.6 cm³/mol. The lowest BCUT2D eigenvalue weighted by Crippen LogP contribution is -2.39. The van der Waals surface area contributed by atoms with Crippen LogP contribution >= 0.6 is 0 Å². The van der Waals surface area contributed by atoms with Crippen LogP contribution in [0.25, 0.3) is 0 Å². The molecule has 1 aliphatic carbocycles. The maximum absolute atomic E-state index is 11.8. The van der Waals surface area contributed by atoms with Crippen molar-refractivity contribution < 1.29 is 14.7 Å². The molecular formula is C12H20N2O3. The van der Waals surface area contributed by atoms with E-state index in [9.17, 15) is 9.59 Å². The van der Waals surface area contributed by atoms with Crippen LogP contribution in [0.2, 0.25) is 0 Å². The highest BCUT2D eigenvalue weighted by molar-refractivity contribution is 5.74. The van der Waals surface area contributed by atoms with E-state index in [1.165, 1.54) is 6.42 Å². The molecule has 3 unspecified atom stereocenters. The highest BCUT2D eigenvalue weighted by atomic mass is 16.4. The molecule has 1 aliphatic heterocycles. The van der Waals surface area contributed by atoms with Crippen LogP contribution in [0.4, 0.5) is 4.79 Å². The number of urea groups is 1. The first-order chi connectivity index (χ1) is 8.06. The van der Waals surface area contributed by atoms with E-state index in [4.69, 9.17) is 5.11 Å². The summed E-state index contributed by atoms with van der Waals surface area (Å²) >= 11 is 0. The number of hydrogen-bond acceptors (Lipinski definition) is 2. The van der Waals surface area contributed by atoms with Crippen LogP contribution in [0.15, 0.2) is 0 Å². The van der Waals surface area contributed by atoms with Crippen LogP contribution in [0.5, 0.6) is 0 Å². The lowest BCUT2D eigenvalue weighted by atomic mass is 10.1. The Morgan fingerprint density at radius 1 is 1.47 bits per heavy atom. The Hall–Kier alpha value is -1.26. The van der Waals surface area contributed by atoms with Crippen molar-refractivity contribution in [1.29, 1.82) is 0 Å². The Morgan fingerprint density at radius 3 is 2.76 bits per heavy atom. The second-order valence-corrected chi connectivity index (χ2v) is 5.36. The Balaban J connectivity index is 1.68. The largest absolute Gasteiger partial charge is 0.481 e. The van der Waals surface area contributed by atoms with Gasteiger partial charge in [-0.1, -0.05) is 6.92 Å². The van der Waals surface area contributed by atoms with Gasteiger partial charge in [0.05, 0.1) is 0 Å². The lowest BCUT2D eigenvalue weighted by Gasteiger charge is -2.17. The van der Waals surface area contributed by atoms with Crippen LogP contribution in [-0.2, 0) is 4.79 Å². The van der Waals surface area contributed by atoms with Gasteiger partial charge in [-0.25, -0.2) is 4.79 Å². The van der Waals surface area contributed by atoms with E-state index in [0.29, 0.717) is 19.0 Å². The minimum Gasteiger partial charge on any atom is -0.481 e. The molecular weight excluding hydrogens is 220 g/mol. The Labute approximate surface area is 101 Å². The normalized spacial score (nSPS) is 31.4. The molecule has 2 amide bonds. The van der Waals surface area contributed by atoms with Gasteiger partial charge in [-0.3, -0.25) is 4.79 Å². The highest BCUT2D eigenvalue weighted by Crippen LogP contribution is 2.36. The molecule has 0 bridgehead atoms. The van der Waals surface area contributed by atoms with E-state index in [1.807, 2.05) is 0 Å². The first-order valence-electron chi connectivity index (χ1n) is 6.31. The highest BCUT2D eigenvalue weighted by Gasteiger charge is 2.33. The number of likely N-dealkylation sites (tertiary alicyclic amines) is 1. The van der Waals surface area contributed by atoms with Gasteiger partial charge in [-0.15, -0.1) is 0 Å². The maximum atomic E-state index is 11.8. The summed E-state index contributed by atoms with van der Waals surface area (Å²) in [4.78, 5) is 24.1. The van der Waals surface area contributed by atoms with Crippen molar-refractivity contribution >= 4 is 12.0 Å². The number of carboxylic acid groups (broad SMARTS) is 1. The van der Waals surface area contributed by atoms with Crippen LogP contribution in [0, 0.1) is 17.8 Å². The number of carbonyl (C=O) groups is 2. The molecule has 3 atom stereocenters. The Kier molecular flexibility index (Phi) is 3.54. The number of aliphatic carboxylic acids is 1. The van der Waals surface area contributed by atoms with E-state index in [2.05, 4.69) is 12.2 Å². The Bertz CT molecular complexity index is 319. The van der Waals surface area contributed by atoms with Crippen LogP contribution in [-0.4, -0.2) is 41.6 Å². The Morgan fingerprint density at radius 2 is 2.18 bits per heavy atom. The monoisotopic (exact) mass is 240 g/mol. The summed E-state index contributed by atoms with van der Waals surface area (Å²) in [5, 5.41) is 11.6. The lowest BCUT2D eigenvalue weighted by molar-refractivity contribution is -0.138. The maximum Gasteiger partial charge on any atom is 0.317 e. The molecule has 0 aromatic rings. The number of hydrogen-bond donors (Lipinski definition) is 2. The summed E-state index contributed by atoms with van der Waals surface area (Å²) in [5.41, 5.74) is 0. The average molecular weight is 240 g/mol. The summed E-state index contributed by atoms with van der Waals surface area (Å²) < 4.78 is 0. The zero-order valence-electron chi connectivity index (χ0n) is 10.2. The minimum atomic E-state index is -0.774. The van der Waals surface area contributed by atoms with Crippen molar-refractivity contribution in [3.63, 3.8) is 0 Å². The number of carbonyl (C=O) groups excluding carboxylic acids is 1. The quantitative estimate of drug-likeness (QED) is 0.774. The third-order valence-corrected chi connectivity index (χ3v) is 3.83. The van der Waals surface area contributed by atoms with Crippen LogP contribution < -0.4 is 5.32 Å². The SMILES string of the molecule is CC1CC1CNC(=O)N1CCC(CC(=O)O)C1. The van der Waals surface area contributed by atoms with Gasteiger partial charge in [0.1, 0.15) is 0 Å². The minimum absolute atomic E-state index is 0.0306. The van der Waals surface area contributed by atoms with E-state index in [1.54, 1.807) is 4.90 Å². The molecule has 5 nitrogen and oxygen atoms in total. The topological polar surface area (TPSA) is 69.6 Å². The van der Waals surface area contributed by atoms with Gasteiger partial charge >= 0.3 is 12.0 Å². The summed E-state index contributed by atoms with van der Waals surface area (Å²) in [7, 11) is 0. The molecule has 96 valence electrons. The summed E-state index contributed by atoms with van der Waals surface area (Å²) in [6.07, 6.45) is 2.19. The fourth-order valence-electron chi connectivity index (χ4n) is 2.44. The molecule has 1 heterocycles. The third kappa shape index (κ3) is 3.35.